The van der Waals surface area contributed by atoms with E-state index in [2.05, 4.69) is 66.1 Å². The van der Waals surface area contributed by atoms with Crippen LogP contribution in [0.1, 0.15) is 5.69 Å². The number of aromatic nitrogens is 1. The van der Waals surface area contributed by atoms with Crippen LogP contribution in [0.5, 0.6) is 11.5 Å². The molecule has 0 unspecified atom stereocenters. The van der Waals surface area contributed by atoms with Gasteiger partial charge in [-0.05, 0) is 42.3 Å². The van der Waals surface area contributed by atoms with Gasteiger partial charge in [0, 0.05) is 23.0 Å². The van der Waals surface area contributed by atoms with Crippen molar-refractivity contribution < 1.29 is 9.47 Å². The normalized spacial score (nSPS) is 10.9. The number of fused-ring (bicyclic) bond motifs is 1. The SMILES string of the molecule is COc1ccc(-c2c(-c3ccccc3)c3ccccn3c2C)cc1OC. The van der Waals surface area contributed by atoms with Gasteiger partial charge >= 0.3 is 0 Å². The van der Waals surface area contributed by atoms with Gasteiger partial charge in [-0.25, -0.2) is 0 Å². The lowest BCUT2D eigenvalue weighted by Crippen LogP contribution is -1.92. The Morgan fingerprint density at radius 1 is 0.692 bits per heavy atom. The van der Waals surface area contributed by atoms with E-state index in [1.54, 1.807) is 14.2 Å². The fourth-order valence-corrected chi connectivity index (χ4v) is 3.61. The predicted octanol–water partition coefficient (Wildman–Crippen LogP) is 5.60. The summed E-state index contributed by atoms with van der Waals surface area (Å²) in [4.78, 5) is 0. The second-order valence-corrected chi connectivity index (χ2v) is 6.23. The van der Waals surface area contributed by atoms with Crippen molar-refractivity contribution in [3.8, 4) is 33.8 Å². The molecule has 0 saturated carbocycles. The number of hydrogen-bond donors (Lipinski definition) is 0. The van der Waals surface area contributed by atoms with Crippen LogP contribution in [0.15, 0.2) is 72.9 Å². The van der Waals surface area contributed by atoms with Crippen LogP contribution in [-0.2, 0) is 0 Å². The van der Waals surface area contributed by atoms with E-state index in [1.807, 2.05) is 18.2 Å². The number of nitrogens with zero attached hydrogens (tertiary/aromatic N) is 1. The van der Waals surface area contributed by atoms with Gasteiger partial charge in [0.1, 0.15) is 0 Å². The van der Waals surface area contributed by atoms with E-state index in [9.17, 15) is 0 Å². The molecule has 0 amide bonds. The van der Waals surface area contributed by atoms with Gasteiger partial charge in [0.2, 0.25) is 0 Å². The highest BCUT2D eigenvalue weighted by atomic mass is 16.5. The molecular formula is C23H21NO2. The van der Waals surface area contributed by atoms with E-state index in [-0.39, 0.29) is 0 Å². The third-order valence-electron chi connectivity index (χ3n) is 4.82. The van der Waals surface area contributed by atoms with Crippen LogP contribution in [0, 0.1) is 6.92 Å². The molecule has 0 saturated heterocycles. The van der Waals surface area contributed by atoms with Crippen LogP contribution >= 0.6 is 0 Å². The van der Waals surface area contributed by atoms with Crippen molar-refractivity contribution in [2.45, 2.75) is 6.92 Å². The fraction of sp³-hybridized carbons (Fsp3) is 0.130. The van der Waals surface area contributed by atoms with Gasteiger partial charge in [-0.3, -0.25) is 0 Å². The Balaban J connectivity index is 2.06. The molecule has 0 atom stereocenters. The van der Waals surface area contributed by atoms with Crippen LogP contribution in [0.2, 0.25) is 0 Å². The quantitative estimate of drug-likeness (QED) is 0.481. The third-order valence-corrected chi connectivity index (χ3v) is 4.82. The highest BCUT2D eigenvalue weighted by molar-refractivity contribution is 5.96. The molecule has 3 nitrogen and oxygen atoms in total. The van der Waals surface area contributed by atoms with E-state index >= 15 is 0 Å². The van der Waals surface area contributed by atoms with Crippen molar-refractivity contribution in [2.75, 3.05) is 14.2 Å². The Labute approximate surface area is 153 Å². The Kier molecular flexibility index (Phi) is 4.13. The summed E-state index contributed by atoms with van der Waals surface area (Å²) in [5.74, 6) is 1.47. The molecular weight excluding hydrogens is 322 g/mol. The molecule has 0 aliphatic carbocycles. The van der Waals surface area contributed by atoms with Crippen molar-refractivity contribution in [2.24, 2.45) is 0 Å². The number of benzene rings is 2. The lowest BCUT2D eigenvalue weighted by atomic mass is 9.95. The lowest BCUT2D eigenvalue weighted by Gasteiger charge is -2.11. The number of ether oxygens (including phenoxy) is 2. The van der Waals surface area contributed by atoms with Crippen molar-refractivity contribution in [1.29, 1.82) is 0 Å². The van der Waals surface area contributed by atoms with Crippen molar-refractivity contribution in [3.05, 3.63) is 78.6 Å². The molecule has 0 bridgehead atoms. The predicted molar refractivity (Wildman–Crippen MR) is 106 cm³/mol. The lowest BCUT2D eigenvalue weighted by molar-refractivity contribution is 0.355. The van der Waals surface area contributed by atoms with Gasteiger partial charge in [0.15, 0.2) is 11.5 Å². The van der Waals surface area contributed by atoms with Crippen LogP contribution in [0.4, 0.5) is 0 Å². The zero-order valence-electron chi connectivity index (χ0n) is 15.2. The van der Waals surface area contributed by atoms with Crippen LogP contribution in [-0.4, -0.2) is 18.6 Å². The maximum Gasteiger partial charge on any atom is 0.161 e. The average Bonchev–Trinajstić information content (AvgIpc) is 3.01. The first kappa shape index (κ1) is 16.3. The maximum atomic E-state index is 5.53. The summed E-state index contributed by atoms with van der Waals surface area (Å²) in [6.07, 6.45) is 2.11. The third kappa shape index (κ3) is 2.53. The molecule has 2 aromatic heterocycles. The second-order valence-electron chi connectivity index (χ2n) is 6.23. The van der Waals surface area contributed by atoms with Gasteiger partial charge in [-0.15, -0.1) is 0 Å². The number of pyridine rings is 1. The van der Waals surface area contributed by atoms with E-state index in [1.165, 1.54) is 27.9 Å². The molecule has 0 radical (unpaired) electrons. The molecule has 0 aliphatic heterocycles. The molecule has 0 fully saturated rings. The van der Waals surface area contributed by atoms with Crippen molar-refractivity contribution in [1.82, 2.24) is 4.40 Å². The Bertz CT molecular complexity index is 1060. The first-order valence-electron chi connectivity index (χ1n) is 8.62. The van der Waals surface area contributed by atoms with Crippen molar-refractivity contribution >= 4 is 5.52 Å². The van der Waals surface area contributed by atoms with Crippen LogP contribution < -0.4 is 9.47 Å². The number of rotatable bonds is 4. The summed E-state index contributed by atoms with van der Waals surface area (Å²) in [7, 11) is 3.33. The standard InChI is InChI=1S/C23H21NO2/c1-16-22(18-12-13-20(25-2)21(15-18)26-3)23(17-9-5-4-6-10-17)19-11-7-8-14-24(16)19/h4-15H,1-3H3. The largest absolute Gasteiger partial charge is 0.493 e. The molecule has 0 aliphatic rings. The molecule has 2 heterocycles. The zero-order chi connectivity index (χ0) is 18.1. The topological polar surface area (TPSA) is 22.9 Å². The average molecular weight is 343 g/mol. The number of aryl methyl sites for hydroxylation is 1. The molecule has 4 aromatic rings. The van der Waals surface area contributed by atoms with Crippen LogP contribution in [0.3, 0.4) is 0 Å². The first-order chi connectivity index (χ1) is 12.7. The molecule has 4 rings (SSSR count). The summed E-state index contributed by atoms with van der Waals surface area (Å²) in [6.45, 7) is 2.16. The fourth-order valence-electron chi connectivity index (χ4n) is 3.61. The van der Waals surface area contributed by atoms with Crippen molar-refractivity contribution in [3.63, 3.8) is 0 Å². The Morgan fingerprint density at radius 2 is 1.42 bits per heavy atom. The Morgan fingerprint density at radius 3 is 2.15 bits per heavy atom. The van der Waals surface area contributed by atoms with Gasteiger partial charge in [-0.1, -0.05) is 42.5 Å². The van der Waals surface area contributed by atoms with E-state index < -0.39 is 0 Å². The van der Waals surface area contributed by atoms with Gasteiger partial charge in [-0.2, -0.15) is 0 Å². The molecule has 3 heteroatoms. The van der Waals surface area contributed by atoms with Gasteiger partial charge in [0.25, 0.3) is 0 Å². The molecule has 2 aromatic carbocycles. The van der Waals surface area contributed by atoms with Crippen LogP contribution in [0.25, 0.3) is 27.8 Å². The number of hydrogen-bond acceptors (Lipinski definition) is 2. The van der Waals surface area contributed by atoms with E-state index in [0.29, 0.717) is 0 Å². The molecule has 26 heavy (non-hydrogen) atoms. The molecule has 130 valence electrons. The molecule has 0 N–H and O–H groups in total. The summed E-state index contributed by atoms with van der Waals surface area (Å²) < 4.78 is 13.2. The highest BCUT2D eigenvalue weighted by Crippen LogP contribution is 2.42. The smallest absolute Gasteiger partial charge is 0.161 e. The Hall–Kier alpha value is -3.20. The summed E-state index contributed by atoms with van der Waals surface area (Å²) in [5, 5.41) is 0. The highest BCUT2D eigenvalue weighted by Gasteiger charge is 2.19. The summed E-state index contributed by atoms with van der Waals surface area (Å²) >= 11 is 0. The zero-order valence-corrected chi connectivity index (χ0v) is 15.2. The minimum absolute atomic E-state index is 0.735. The monoisotopic (exact) mass is 343 g/mol. The van der Waals surface area contributed by atoms with Gasteiger partial charge < -0.3 is 13.9 Å². The summed E-state index contributed by atoms with van der Waals surface area (Å²) in [5.41, 5.74) is 7.16. The minimum Gasteiger partial charge on any atom is -0.493 e. The van der Waals surface area contributed by atoms with E-state index in [4.69, 9.17) is 9.47 Å². The first-order valence-corrected chi connectivity index (χ1v) is 8.62. The second kappa shape index (κ2) is 6.60. The molecule has 0 spiro atoms. The maximum absolute atomic E-state index is 5.53. The number of methoxy groups -OCH3 is 2. The van der Waals surface area contributed by atoms with E-state index in [0.717, 1.165) is 17.1 Å². The minimum atomic E-state index is 0.735. The van der Waals surface area contributed by atoms with Gasteiger partial charge in [0.05, 0.1) is 19.7 Å². The summed E-state index contributed by atoms with van der Waals surface area (Å²) in [6, 6.07) is 22.9.